The highest BCUT2D eigenvalue weighted by atomic mass is 35.5. The molecule has 0 unspecified atom stereocenters. The summed E-state index contributed by atoms with van der Waals surface area (Å²) in [7, 11) is 0. The molecular weight excluding hydrogens is 418 g/mol. The van der Waals surface area contributed by atoms with E-state index in [0.29, 0.717) is 18.7 Å². The summed E-state index contributed by atoms with van der Waals surface area (Å²) in [5.41, 5.74) is 5.72. The first-order valence-electron chi connectivity index (χ1n) is 10.8. The molecule has 4 nitrogen and oxygen atoms in total. The second kappa shape index (κ2) is 8.64. The van der Waals surface area contributed by atoms with Gasteiger partial charge in [-0.3, -0.25) is 4.79 Å². The number of benzene rings is 3. The molecule has 0 atom stereocenters. The number of pyridine rings is 1. The maximum absolute atomic E-state index is 13.6. The Morgan fingerprint density at radius 2 is 1.62 bits per heavy atom. The smallest absolute Gasteiger partial charge is 0.254 e. The Balaban J connectivity index is 1.44. The molecule has 1 aliphatic heterocycles. The molecule has 3 aromatic carbocycles. The number of carbonyl (C=O) groups excluding carboxylic acids is 1. The number of nitrogens with zero attached hydrogens (tertiary/aromatic N) is 3. The summed E-state index contributed by atoms with van der Waals surface area (Å²) < 4.78 is 0. The summed E-state index contributed by atoms with van der Waals surface area (Å²) in [6.07, 6.45) is 0. The predicted octanol–water partition coefficient (Wildman–Crippen LogP) is 5.83. The zero-order chi connectivity index (χ0) is 22.1. The minimum Gasteiger partial charge on any atom is -0.368 e. The third-order valence-electron chi connectivity index (χ3n) is 6.02. The lowest BCUT2D eigenvalue weighted by atomic mass is 10.0. The largest absolute Gasteiger partial charge is 0.368 e. The van der Waals surface area contributed by atoms with Crippen molar-refractivity contribution in [3.05, 3.63) is 95.0 Å². The fraction of sp³-hybridized carbons (Fsp3) is 0.185. The van der Waals surface area contributed by atoms with E-state index in [2.05, 4.69) is 24.0 Å². The maximum Gasteiger partial charge on any atom is 0.254 e. The van der Waals surface area contributed by atoms with E-state index in [4.69, 9.17) is 16.6 Å². The lowest BCUT2D eigenvalue weighted by molar-refractivity contribution is 0.0748. The number of anilines is 1. The number of rotatable bonds is 3. The summed E-state index contributed by atoms with van der Waals surface area (Å²) in [5, 5.41) is 1.63. The number of aryl methyl sites for hydroxylation is 1. The first-order valence-corrected chi connectivity index (χ1v) is 11.2. The summed E-state index contributed by atoms with van der Waals surface area (Å²) in [4.78, 5) is 22.7. The van der Waals surface area contributed by atoms with Crippen LogP contribution in [0.5, 0.6) is 0 Å². The van der Waals surface area contributed by atoms with Crippen molar-refractivity contribution in [2.75, 3.05) is 31.1 Å². The molecule has 5 heteroatoms. The highest BCUT2D eigenvalue weighted by molar-refractivity contribution is 6.30. The van der Waals surface area contributed by atoms with Gasteiger partial charge in [-0.15, -0.1) is 0 Å². The van der Waals surface area contributed by atoms with Crippen LogP contribution in [0.15, 0.2) is 78.9 Å². The van der Waals surface area contributed by atoms with E-state index in [1.807, 2.05) is 71.6 Å². The first-order chi connectivity index (χ1) is 15.6. The van der Waals surface area contributed by atoms with Crippen molar-refractivity contribution in [1.82, 2.24) is 9.88 Å². The number of para-hydroxylation sites is 1. The van der Waals surface area contributed by atoms with E-state index in [1.54, 1.807) is 0 Å². The van der Waals surface area contributed by atoms with E-state index in [1.165, 1.54) is 5.56 Å². The standard InChI is InChI=1S/C27H24ClN3O/c1-19-5-4-6-20(17-19)26-18-24(23-7-2-3-8-25(23)29-26)27(32)31-15-13-30(14-16-31)22-11-9-21(28)10-12-22/h2-12,17-18H,13-16H2,1H3. The summed E-state index contributed by atoms with van der Waals surface area (Å²) in [5.74, 6) is 0.0632. The van der Waals surface area contributed by atoms with Gasteiger partial charge < -0.3 is 9.80 Å². The van der Waals surface area contributed by atoms with Gasteiger partial charge in [-0.25, -0.2) is 4.98 Å². The monoisotopic (exact) mass is 441 g/mol. The maximum atomic E-state index is 13.6. The van der Waals surface area contributed by atoms with Gasteiger partial charge in [-0.05, 0) is 49.4 Å². The molecular formula is C27H24ClN3O. The highest BCUT2D eigenvalue weighted by Crippen LogP contribution is 2.27. The summed E-state index contributed by atoms with van der Waals surface area (Å²) >= 11 is 6.02. The van der Waals surface area contributed by atoms with Crippen molar-refractivity contribution in [2.24, 2.45) is 0 Å². The Morgan fingerprint density at radius 3 is 2.38 bits per heavy atom. The van der Waals surface area contributed by atoms with Gasteiger partial charge in [0.05, 0.1) is 16.8 Å². The Bertz CT molecular complexity index is 1280. The molecule has 1 saturated heterocycles. The third-order valence-corrected chi connectivity index (χ3v) is 6.27. The van der Waals surface area contributed by atoms with Gasteiger partial charge in [0.25, 0.3) is 5.91 Å². The van der Waals surface area contributed by atoms with Crippen LogP contribution < -0.4 is 4.90 Å². The zero-order valence-corrected chi connectivity index (χ0v) is 18.7. The van der Waals surface area contributed by atoms with Gasteiger partial charge >= 0.3 is 0 Å². The SMILES string of the molecule is Cc1cccc(-c2cc(C(=O)N3CCN(c4ccc(Cl)cc4)CC3)c3ccccc3n2)c1. The molecule has 0 spiro atoms. The Hall–Kier alpha value is -3.37. The van der Waals surface area contributed by atoms with Crippen LogP contribution in [0, 0.1) is 6.92 Å². The van der Waals surface area contributed by atoms with E-state index < -0.39 is 0 Å². The average molecular weight is 442 g/mol. The lowest BCUT2D eigenvalue weighted by Crippen LogP contribution is -2.48. The van der Waals surface area contributed by atoms with Crippen LogP contribution in [0.2, 0.25) is 5.02 Å². The molecule has 2 heterocycles. The Kier molecular flexibility index (Phi) is 5.54. The minimum absolute atomic E-state index is 0.0632. The van der Waals surface area contributed by atoms with Gasteiger partial charge in [0.15, 0.2) is 0 Å². The average Bonchev–Trinajstić information content (AvgIpc) is 2.83. The minimum atomic E-state index is 0.0632. The molecule has 1 fully saturated rings. The lowest BCUT2D eigenvalue weighted by Gasteiger charge is -2.36. The normalized spacial score (nSPS) is 14.1. The molecule has 160 valence electrons. The number of aromatic nitrogens is 1. The van der Waals surface area contributed by atoms with Gasteiger partial charge in [0.2, 0.25) is 0 Å². The molecule has 1 aromatic heterocycles. The van der Waals surface area contributed by atoms with Gasteiger partial charge in [0.1, 0.15) is 0 Å². The molecule has 0 bridgehead atoms. The molecule has 0 N–H and O–H groups in total. The third kappa shape index (κ3) is 4.06. The van der Waals surface area contributed by atoms with Gasteiger partial charge in [0, 0.05) is 47.8 Å². The van der Waals surface area contributed by atoms with Crippen molar-refractivity contribution in [2.45, 2.75) is 6.92 Å². The second-order valence-electron chi connectivity index (χ2n) is 8.20. The number of fused-ring (bicyclic) bond motifs is 1. The number of hydrogen-bond donors (Lipinski definition) is 0. The number of hydrogen-bond acceptors (Lipinski definition) is 3. The van der Waals surface area contributed by atoms with Crippen molar-refractivity contribution in [3.8, 4) is 11.3 Å². The fourth-order valence-electron chi connectivity index (χ4n) is 4.29. The van der Waals surface area contributed by atoms with Crippen LogP contribution in [0.3, 0.4) is 0 Å². The Morgan fingerprint density at radius 1 is 0.875 bits per heavy atom. The second-order valence-corrected chi connectivity index (χ2v) is 8.63. The van der Waals surface area contributed by atoms with Gasteiger partial charge in [-0.1, -0.05) is 53.6 Å². The molecule has 0 aliphatic carbocycles. The molecule has 1 amide bonds. The zero-order valence-electron chi connectivity index (χ0n) is 18.0. The number of amides is 1. The topological polar surface area (TPSA) is 36.4 Å². The molecule has 5 rings (SSSR count). The van der Waals surface area contributed by atoms with E-state index in [9.17, 15) is 4.79 Å². The van der Waals surface area contributed by atoms with Gasteiger partial charge in [-0.2, -0.15) is 0 Å². The Labute approximate surface area is 193 Å². The molecule has 0 radical (unpaired) electrons. The molecule has 4 aromatic rings. The van der Waals surface area contributed by atoms with Crippen molar-refractivity contribution >= 4 is 34.1 Å². The number of carbonyl (C=O) groups is 1. The van der Waals surface area contributed by atoms with Crippen LogP contribution in [-0.4, -0.2) is 42.0 Å². The van der Waals surface area contributed by atoms with Crippen LogP contribution >= 0.6 is 11.6 Å². The van der Waals surface area contributed by atoms with E-state index in [0.717, 1.165) is 46.0 Å². The van der Waals surface area contributed by atoms with Crippen molar-refractivity contribution in [1.29, 1.82) is 0 Å². The summed E-state index contributed by atoms with van der Waals surface area (Å²) in [6.45, 7) is 5.01. The van der Waals surface area contributed by atoms with Crippen molar-refractivity contribution in [3.63, 3.8) is 0 Å². The fourth-order valence-corrected chi connectivity index (χ4v) is 4.42. The van der Waals surface area contributed by atoms with E-state index >= 15 is 0 Å². The molecule has 32 heavy (non-hydrogen) atoms. The summed E-state index contributed by atoms with van der Waals surface area (Å²) in [6, 6.07) is 26.0. The van der Waals surface area contributed by atoms with Crippen LogP contribution in [0.1, 0.15) is 15.9 Å². The number of piperazine rings is 1. The predicted molar refractivity (Wildman–Crippen MR) is 131 cm³/mol. The van der Waals surface area contributed by atoms with Crippen LogP contribution in [-0.2, 0) is 0 Å². The van der Waals surface area contributed by atoms with Crippen LogP contribution in [0.25, 0.3) is 22.2 Å². The number of halogens is 1. The van der Waals surface area contributed by atoms with E-state index in [-0.39, 0.29) is 5.91 Å². The molecule has 1 aliphatic rings. The highest BCUT2D eigenvalue weighted by Gasteiger charge is 2.24. The first kappa shape index (κ1) is 20.5. The van der Waals surface area contributed by atoms with Crippen LogP contribution in [0.4, 0.5) is 5.69 Å². The quantitative estimate of drug-likeness (QED) is 0.401. The van der Waals surface area contributed by atoms with Crippen molar-refractivity contribution < 1.29 is 4.79 Å². The molecule has 0 saturated carbocycles.